The summed E-state index contributed by atoms with van der Waals surface area (Å²) in [5, 5.41) is 2.17. The van der Waals surface area contributed by atoms with E-state index in [1.807, 2.05) is 0 Å². The highest BCUT2D eigenvalue weighted by Crippen LogP contribution is 2.31. The molecule has 1 aliphatic rings. The van der Waals surface area contributed by atoms with Crippen LogP contribution in [-0.2, 0) is 9.59 Å². The van der Waals surface area contributed by atoms with Gasteiger partial charge in [-0.25, -0.2) is 0 Å². The molecule has 0 atom stereocenters. The first-order chi connectivity index (χ1) is 12.6. The van der Waals surface area contributed by atoms with Gasteiger partial charge >= 0.3 is 0 Å². The van der Waals surface area contributed by atoms with E-state index in [1.54, 1.807) is 62.0 Å². The van der Waals surface area contributed by atoms with Crippen molar-refractivity contribution in [1.82, 2.24) is 9.88 Å². The SMILES string of the molecule is COc1ccc(NC(=O)CN2C(=O)S/C(=C/c3cccnc3)C2=O)cc1. The van der Waals surface area contributed by atoms with Crippen LogP contribution in [0.5, 0.6) is 5.75 Å². The van der Waals surface area contributed by atoms with Crippen LogP contribution in [0.1, 0.15) is 5.56 Å². The van der Waals surface area contributed by atoms with E-state index in [0.29, 0.717) is 17.0 Å². The summed E-state index contributed by atoms with van der Waals surface area (Å²) < 4.78 is 5.05. The lowest BCUT2D eigenvalue weighted by atomic mass is 10.2. The zero-order chi connectivity index (χ0) is 18.5. The number of carbonyl (C=O) groups excluding carboxylic acids is 3. The van der Waals surface area contributed by atoms with Crippen molar-refractivity contribution < 1.29 is 19.1 Å². The zero-order valence-electron chi connectivity index (χ0n) is 13.8. The summed E-state index contributed by atoms with van der Waals surface area (Å²) in [4.78, 5) is 41.8. The first-order valence-corrected chi connectivity index (χ1v) is 8.48. The highest BCUT2D eigenvalue weighted by molar-refractivity contribution is 8.18. The summed E-state index contributed by atoms with van der Waals surface area (Å²) in [7, 11) is 1.55. The fourth-order valence-corrected chi connectivity index (χ4v) is 3.11. The Bertz CT molecular complexity index is 866. The number of carbonyl (C=O) groups is 3. The van der Waals surface area contributed by atoms with Crippen molar-refractivity contribution in [2.24, 2.45) is 0 Å². The van der Waals surface area contributed by atoms with Crippen molar-refractivity contribution in [2.45, 2.75) is 0 Å². The van der Waals surface area contributed by atoms with Crippen molar-refractivity contribution in [2.75, 3.05) is 19.0 Å². The van der Waals surface area contributed by atoms with Crippen molar-refractivity contribution in [1.29, 1.82) is 0 Å². The van der Waals surface area contributed by atoms with Crippen LogP contribution in [0.15, 0.2) is 53.7 Å². The number of hydrogen-bond donors (Lipinski definition) is 1. The number of pyridine rings is 1. The molecule has 1 aromatic carbocycles. The topological polar surface area (TPSA) is 88.6 Å². The molecule has 1 N–H and O–H groups in total. The lowest BCUT2D eigenvalue weighted by molar-refractivity contribution is -0.127. The molecule has 7 nitrogen and oxygen atoms in total. The van der Waals surface area contributed by atoms with Crippen molar-refractivity contribution in [3.8, 4) is 5.75 Å². The number of nitrogens with one attached hydrogen (secondary N) is 1. The molecular weight excluding hydrogens is 354 g/mol. The second-order valence-electron chi connectivity index (χ2n) is 5.33. The van der Waals surface area contributed by atoms with E-state index in [0.717, 1.165) is 16.7 Å². The minimum absolute atomic E-state index is 0.264. The molecule has 1 saturated heterocycles. The average Bonchev–Trinajstić information content (AvgIpc) is 2.90. The first kappa shape index (κ1) is 17.7. The van der Waals surface area contributed by atoms with E-state index in [-0.39, 0.29) is 11.4 Å². The predicted octanol–water partition coefficient (Wildman–Crippen LogP) is 2.77. The zero-order valence-corrected chi connectivity index (χ0v) is 14.7. The van der Waals surface area contributed by atoms with Crippen LogP contribution in [0.2, 0.25) is 0 Å². The lowest BCUT2D eigenvalue weighted by Gasteiger charge is -2.12. The Balaban J connectivity index is 1.65. The number of benzene rings is 1. The number of amides is 3. The Hall–Kier alpha value is -3.13. The molecule has 0 spiro atoms. The molecule has 0 radical (unpaired) electrons. The van der Waals surface area contributed by atoms with Gasteiger partial charge in [-0.1, -0.05) is 6.07 Å². The van der Waals surface area contributed by atoms with Crippen LogP contribution in [0.4, 0.5) is 10.5 Å². The van der Waals surface area contributed by atoms with Crippen LogP contribution >= 0.6 is 11.8 Å². The highest BCUT2D eigenvalue weighted by Gasteiger charge is 2.36. The molecule has 0 saturated carbocycles. The molecule has 1 fully saturated rings. The van der Waals surface area contributed by atoms with Crippen LogP contribution < -0.4 is 10.1 Å². The fourth-order valence-electron chi connectivity index (χ4n) is 2.27. The molecule has 0 aliphatic carbocycles. The van der Waals surface area contributed by atoms with Gasteiger partial charge in [0, 0.05) is 18.1 Å². The molecule has 1 aliphatic heterocycles. The monoisotopic (exact) mass is 369 g/mol. The maximum Gasteiger partial charge on any atom is 0.294 e. The maximum atomic E-state index is 12.4. The van der Waals surface area contributed by atoms with Gasteiger partial charge in [0.05, 0.1) is 12.0 Å². The van der Waals surface area contributed by atoms with E-state index >= 15 is 0 Å². The Morgan fingerprint density at radius 3 is 2.69 bits per heavy atom. The maximum absolute atomic E-state index is 12.4. The van der Waals surface area contributed by atoms with Gasteiger partial charge < -0.3 is 10.1 Å². The van der Waals surface area contributed by atoms with E-state index in [1.165, 1.54) is 0 Å². The summed E-state index contributed by atoms with van der Waals surface area (Å²) in [6.07, 6.45) is 4.79. The van der Waals surface area contributed by atoms with Gasteiger partial charge in [0.25, 0.3) is 11.1 Å². The van der Waals surface area contributed by atoms with Gasteiger partial charge in [-0.05, 0) is 53.7 Å². The number of anilines is 1. The molecule has 3 rings (SSSR count). The van der Waals surface area contributed by atoms with Gasteiger partial charge in [-0.3, -0.25) is 24.3 Å². The summed E-state index contributed by atoms with van der Waals surface area (Å²) in [6, 6.07) is 10.3. The molecule has 2 aromatic rings. The Morgan fingerprint density at radius 2 is 2.04 bits per heavy atom. The largest absolute Gasteiger partial charge is 0.497 e. The van der Waals surface area contributed by atoms with Crippen LogP contribution in [-0.4, -0.2) is 40.6 Å². The minimum atomic E-state index is -0.492. The third-order valence-corrected chi connectivity index (χ3v) is 4.44. The molecule has 0 unspecified atom stereocenters. The summed E-state index contributed by atoms with van der Waals surface area (Å²) in [5.41, 5.74) is 1.26. The third kappa shape index (κ3) is 4.09. The number of methoxy groups -OCH3 is 1. The number of thioether (sulfide) groups is 1. The fraction of sp³-hybridized carbons (Fsp3) is 0.111. The molecule has 132 valence electrons. The quantitative estimate of drug-likeness (QED) is 0.816. The number of aromatic nitrogens is 1. The molecule has 2 heterocycles. The molecule has 1 aromatic heterocycles. The van der Waals surface area contributed by atoms with Gasteiger partial charge in [-0.15, -0.1) is 0 Å². The van der Waals surface area contributed by atoms with E-state index in [9.17, 15) is 14.4 Å². The van der Waals surface area contributed by atoms with E-state index in [4.69, 9.17) is 4.74 Å². The summed E-state index contributed by atoms with van der Waals surface area (Å²) in [5.74, 6) is -0.289. The number of imide groups is 1. The Labute approximate surface area is 154 Å². The molecule has 0 bridgehead atoms. The number of hydrogen-bond acceptors (Lipinski definition) is 6. The van der Waals surface area contributed by atoms with Crippen LogP contribution in [0.3, 0.4) is 0 Å². The van der Waals surface area contributed by atoms with Gasteiger partial charge in [-0.2, -0.15) is 0 Å². The normalized spacial score (nSPS) is 15.4. The standard InChI is InChI=1S/C18H15N3O4S/c1-25-14-6-4-13(5-7-14)20-16(22)11-21-17(23)15(26-18(21)24)9-12-3-2-8-19-10-12/h2-10H,11H2,1H3,(H,20,22)/b15-9+. The number of rotatable bonds is 5. The lowest BCUT2D eigenvalue weighted by Crippen LogP contribution is -2.36. The molecule has 8 heteroatoms. The third-order valence-electron chi connectivity index (χ3n) is 3.53. The van der Waals surface area contributed by atoms with Crippen LogP contribution in [0.25, 0.3) is 6.08 Å². The van der Waals surface area contributed by atoms with Gasteiger partial charge in [0.15, 0.2) is 0 Å². The van der Waals surface area contributed by atoms with Crippen molar-refractivity contribution >= 4 is 40.6 Å². The smallest absolute Gasteiger partial charge is 0.294 e. The number of nitrogens with zero attached hydrogens (tertiary/aromatic N) is 2. The second-order valence-corrected chi connectivity index (χ2v) is 6.32. The highest BCUT2D eigenvalue weighted by atomic mass is 32.2. The van der Waals surface area contributed by atoms with Crippen molar-refractivity contribution in [3.05, 3.63) is 59.3 Å². The van der Waals surface area contributed by atoms with E-state index < -0.39 is 17.1 Å². The summed E-state index contributed by atoms with van der Waals surface area (Å²) >= 11 is 0.804. The molecule has 3 amide bonds. The van der Waals surface area contributed by atoms with Crippen LogP contribution in [0, 0.1) is 0 Å². The predicted molar refractivity (Wildman–Crippen MR) is 98.5 cm³/mol. The second kappa shape index (κ2) is 7.83. The average molecular weight is 369 g/mol. The minimum Gasteiger partial charge on any atom is -0.497 e. The Kier molecular flexibility index (Phi) is 5.33. The van der Waals surface area contributed by atoms with Gasteiger partial charge in [0.2, 0.25) is 5.91 Å². The van der Waals surface area contributed by atoms with Crippen molar-refractivity contribution in [3.63, 3.8) is 0 Å². The molecule has 26 heavy (non-hydrogen) atoms. The van der Waals surface area contributed by atoms with E-state index in [2.05, 4.69) is 10.3 Å². The Morgan fingerprint density at radius 1 is 1.27 bits per heavy atom. The molecular formula is C18H15N3O4S. The first-order valence-electron chi connectivity index (χ1n) is 7.66. The summed E-state index contributed by atoms with van der Waals surface area (Å²) in [6.45, 7) is -0.346. The number of ether oxygens (including phenoxy) is 1. The van der Waals surface area contributed by atoms with Gasteiger partial charge in [0.1, 0.15) is 12.3 Å².